The molecule has 4 rings (SSSR count). The number of benzene rings is 3. The van der Waals surface area contributed by atoms with E-state index in [0.717, 1.165) is 6.42 Å². The number of hydrogen-bond donors (Lipinski definition) is 0. The third kappa shape index (κ3) is 2.08. The lowest BCUT2D eigenvalue weighted by Crippen LogP contribution is -1.90. The topological polar surface area (TPSA) is 0 Å². The average molecular weight is 269 g/mol. The Labute approximate surface area is 125 Å². The van der Waals surface area contributed by atoms with E-state index in [1.807, 2.05) is 0 Å². The molecule has 0 saturated carbocycles. The van der Waals surface area contributed by atoms with Crippen molar-refractivity contribution in [2.75, 3.05) is 0 Å². The smallest absolute Gasteiger partial charge is 0.0211 e. The molecule has 0 heterocycles. The standard InChI is InChI=1S/C21H17/c1-2-15-11-18-9-5-6-10-20(18)21(12-15)19-13-16-7-3-4-8-17(16)14-19/h3-14H,2H2,1H3. The maximum Gasteiger partial charge on any atom is 0.0211 e. The molecule has 1 radical (unpaired) electrons. The van der Waals surface area contributed by atoms with Gasteiger partial charge in [-0.05, 0) is 45.0 Å². The third-order valence-corrected chi connectivity index (χ3v) is 4.26. The maximum absolute atomic E-state index is 2.34. The van der Waals surface area contributed by atoms with E-state index in [1.165, 1.54) is 38.6 Å². The summed E-state index contributed by atoms with van der Waals surface area (Å²) < 4.78 is 0. The van der Waals surface area contributed by atoms with Crippen LogP contribution in [0.4, 0.5) is 0 Å². The summed E-state index contributed by atoms with van der Waals surface area (Å²) in [4.78, 5) is 0. The largest absolute Gasteiger partial charge is 0.0619 e. The van der Waals surface area contributed by atoms with Gasteiger partial charge in [-0.1, -0.05) is 73.7 Å². The first kappa shape index (κ1) is 12.4. The van der Waals surface area contributed by atoms with Crippen molar-refractivity contribution in [3.05, 3.63) is 89.3 Å². The van der Waals surface area contributed by atoms with Crippen LogP contribution in [0.3, 0.4) is 0 Å². The molecule has 101 valence electrons. The second-order valence-corrected chi connectivity index (χ2v) is 5.59. The number of rotatable bonds is 2. The molecule has 0 saturated heterocycles. The summed E-state index contributed by atoms with van der Waals surface area (Å²) in [6, 6.07) is 21.9. The van der Waals surface area contributed by atoms with Gasteiger partial charge < -0.3 is 0 Å². The molecule has 3 aromatic carbocycles. The van der Waals surface area contributed by atoms with E-state index in [1.54, 1.807) is 0 Å². The molecular formula is C21H17. The first-order chi connectivity index (χ1) is 10.3. The molecule has 0 amide bonds. The molecule has 0 aliphatic heterocycles. The highest BCUT2D eigenvalue weighted by Crippen LogP contribution is 2.37. The van der Waals surface area contributed by atoms with E-state index < -0.39 is 0 Å². The van der Waals surface area contributed by atoms with Crippen molar-refractivity contribution in [1.82, 2.24) is 0 Å². The summed E-state index contributed by atoms with van der Waals surface area (Å²) in [6.07, 6.45) is 5.67. The van der Waals surface area contributed by atoms with E-state index in [0.29, 0.717) is 0 Å². The Morgan fingerprint density at radius 3 is 2.38 bits per heavy atom. The molecule has 0 spiro atoms. The van der Waals surface area contributed by atoms with Crippen LogP contribution in [-0.4, -0.2) is 0 Å². The Morgan fingerprint density at radius 1 is 0.810 bits per heavy atom. The van der Waals surface area contributed by atoms with Crippen molar-refractivity contribution in [3.8, 4) is 0 Å². The predicted molar refractivity (Wildman–Crippen MR) is 91.0 cm³/mol. The number of fused-ring (bicyclic) bond motifs is 2. The summed E-state index contributed by atoms with van der Waals surface area (Å²) in [5.74, 6) is 0. The van der Waals surface area contributed by atoms with Crippen LogP contribution >= 0.6 is 0 Å². The van der Waals surface area contributed by atoms with Crippen molar-refractivity contribution < 1.29 is 0 Å². The van der Waals surface area contributed by atoms with Gasteiger partial charge in [-0.2, -0.15) is 0 Å². The van der Waals surface area contributed by atoms with Gasteiger partial charge in [-0.3, -0.25) is 0 Å². The highest BCUT2D eigenvalue weighted by atomic mass is 14.2. The fraction of sp³-hybridized carbons (Fsp3) is 0.0952. The first-order valence-electron chi connectivity index (χ1n) is 7.52. The fourth-order valence-corrected chi connectivity index (χ4v) is 3.12. The molecule has 0 nitrogen and oxygen atoms in total. The maximum atomic E-state index is 2.34. The van der Waals surface area contributed by atoms with Gasteiger partial charge in [0.05, 0.1) is 0 Å². The van der Waals surface area contributed by atoms with Crippen molar-refractivity contribution in [2.45, 2.75) is 13.3 Å². The minimum atomic E-state index is 1.07. The van der Waals surface area contributed by atoms with Crippen molar-refractivity contribution in [1.29, 1.82) is 0 Å². The molecule has 0 aromatic heterocycles. The minimum Gasteiger partial charge on any atom is -0.0619 e. The Kier molecular flexibility index (Phi) is 2.89. The quantitative estimate of drug-likeness (QED) is 0.575. The molecule has 0 fully saturated rings. The van der Waals surface area contributed by atoms with Gasteiger partial charge in [0.25, 0.3) is 0 Å². The van der Waals surface area contributed by atoms with Crippen molar-refractivity contribution >= 4 is 22.4 Å². The molecule has 1 aliphatic carbocycles. The SMILES string of the molecule is CCc1cc(C2=Cc3ccccc3[CH]2)c2ccccc2c1. The lowest BCUT2D eigenvalue weighted by molar-refractivity contribution is 1.14. The van der Waals surface area contributed by atoms with Crippen LogP contribution in [0, 0.1) is 6.42 Å². The molecular weight excluding hydrogens is 252 g/mol. The van der Waals surface area contributed by atoms with Crippen LogP contribution in [0.5, 0.6) is 0 Å². The van der Waals surface area contributed by atoms with E-state index in [-0.39, 0.29) is 0 Å². The number of hydrogen-bond acceptors (Lipinski definition) is 0. The fourth-order valence-electron chi connectivity index (χ4n) is 3.12. The van der Waals surface area contributed by atoms with Crippen molar-refractivity contribution in [2.24, 2.45) is 0 Å². The molecule has 1 aliphatic rings. The highest BCUT2D eigenvalue weighted by molar-refractivity contribution is 6.04. The summed E-state index contributed by atoms with van der Waals surface area (Å²) in [6.45, 7) is 2.22. The normalized spacial score (nSPS) is 13.3. The van der Waals surface area contributed by atoms with E-state index in [2.05, 4.69) is 80.1 Å². The Balaban J connectivity index is 1.92. The van der Waals surface area contributed by atoms with Gasteiger partial charge in [-0.25, -0.2) is 0 Å². The summed E-state index contributed by atoms with van der Waals surface area (Å²) in [5.41, 5.74) is 6.70. The lowest BCUT2D eigenvalue weighted by atomic mass is 9.94. The summed E-state index contributed by atoms with van der Waals surface area (Å²) in [7, 11) is 0. The summed E-state index contributed by atoms with van der Waals surface area (Å²) in [5, 5.41) is 2.67. The van der Waals surface area contributed by atoms with E-state index in [9.17, 15) is 0 Å². The zero-order valence-electron chi connectivity index (χ0n) is 12.1. The third-order valence-electron chi connectivity index (χ3n) is 4.26. The first-order valence-corrected chi connectivity index (χ1v) is 7.52. The van der Waals surface area contributed by atoms with Crippen LogP contribution in [0.25, 0.3) is 22.4 Å². The van der Waals surface area contributed by atoms with Crippen LogP contribution in [0.1, 0.15) is 29.2 Å². The highest BCUT2D eigenvalue weighted by Gasteiger charge is 2.16. The van der Waals surface area contributed by atoms with Crippen LogP contribution in [0.2, 0.25) is 0 Å². The lowest BCUT2D eigenvalue weighted by Gasteiger charge is -2.10. The van der Waals surface area contributed by atoms with Gasteiger partial charge in [0.1, 0.15) is 0 Å². The molecule has 0 heteroatoms. The Hall–Kier alpha value is -2.34. The van der Waals surface area contributed by atoms with Gasteiger partial charge in [0, 0.05) is 6.42 Å². The van der Waals surface area contributed by atoms with Crippen LogP contribution < -0.4 is 0 Å². The van der Waals surface area contributed by atoms with Gasteiger partial charge in [-0.15, -0.1) is 0 Å². The second-order valence-electron chi connectivity index (χ2n) is 5.59. The van der Waals surface area contributed by atoms with Gasteiger partial charge in [0.15, 0.2) is 0 Å². The molecule has 0 bridgehead atoms. The molecule has 0 unspecified atom stereocenters. The minimum absolute atomic E-state index is 1.07. The number of aryl methyl sites for hydroxylation is 1. The zero-order chi connectivity index (χ0) is 14.2. The molecule has 0 N–H and O–H groups in total. The average Bonchev–Trinajstić information content (AvgIpc) is 2.97. The van der Waals surface area contributed by atoms with Crippen LogP contribution in [-0.2, 0) is 6.42 Å². The Morgan fingerprint density at radius 2 is 1.57 bits per heavy atom. The second kappa shape index (κ2) is 4.89. The summed E-state index contributed by atoms with van der Waals surface area (Å²) >= 11 is 0. The predicted octanol–water partition coefficient (Wildman–Crippen LogP) is 5.51. The molecule has 3 aromatic rings. The monoisotopic (exact) mass is 269 g/mol. The van der Waals surface area contributed by atoms with E-state index in [4.69, 9.17) is 0 Å². The van der Waals surface area contributed by atoms with Crippen molar-refractivity contribution in [3.63, 3.8) is 0 Å². The van der Waals surface area contributed by atoms with Gasteiger partial charge >= 0.3 is 0 Å². The van der Waals surface area contributed by atoms with Crippen LogP contribution in [0.15, 0.2) is 60.7 Å². The van der Waals surface area contributed by atoms with Gasteiger partial charge in [0.2, 0.25) is 0 Å². The van der Waals surface area contributed by atoms with E-state index >= 15 is 0 Å². The number of allylic oxidation sites excluding steroid dienone is 1. The Bertz CT molecular complexity index is 853. The zero-order valence-corrected chi connectivity index (χ0v) is 12.1. The molecule has 21 heavy (non-hydrogen) atoms. The molecule has 0 atom stereocenters.